The van der Waals surface area contributed by atoms with Gasteiger partial charge in [0.1, 0.15) is 5.76 Å². The van der Waals surface area contributed by atoms with Crippen LogP contribution in [-0.4, -0.2) is 22.6 Å². The quantitative estimate of drug-likeness (QED) is 0.457. The normalized spacial score (nSPS) is 11.6. The summed E-state index contributed by atoms with van der Waals surface area (Å²) in [5, 5.41) is 10.7. The molecule has 0 aliphatic rings. The Balaban J connectivity index is 1.66. The Hall–Kier alpha value is -3.09. The van der Waals surface area contributed by atoms with Gasteiger partial charge in [0.25, 0.3) is 0 Å². The zero-order valence-electron chi connectivity index (χ0n) is 16.7. The van der Waals surface area contributed by atoms with Gasteiger partial charge in [-0.05, 0) is 13.3 Å². The van der Waals surface area contributed by atoms with Gasteiger partial charge in [-0.15, -0.1) is 0 Å². The van der Waals surface area contributed by atoms with Gasteiger partial charge in [-0.3, -0.25) is 0 Å². The van der Waals surface area contributed by atoms with Crippen molar-refractivity contribution in [1.82, 2.24) is 20.8 Å². The van der Waals surface area contributed by atoms with E-state index in [-0.39, 0.29) is 0 Å². The lowest BCUT2D eigenvalue weighted by atomic mass is 10.1. The summed E-state index contributed by atoms with van der Waals surface area (Å²) in [6, 6.07) is 9.93. The molecule has 3 aromatic rings. The Morgan fingerprint density at radius 3 is 2.61 bits per heavy atom. The van der Waals surface area contributed by atoms with Crippen LogP contribution in [0.15, 0.2) is 50.5 Å². The van der Waals surface area contributed by atoms with Crippen molar-refractivity contribution in [2.75, 3.05) is 6.54 Å². The lowest BCUT2D eigenvalue weighted by Crippen LogP contribution is -2.36. The molecular formula is C21H27N5O2. The zero-order valence-corrected chi connectivity index (χ0v) is 16.7. The highest BCUT2D eigenvalue weighted by molar-refractivity contribution is 5.79. The largest absolute Gasteiger partial charge is 0.439 e. The van der Waals surface area contributed by atoms with Gasteiger partial charge in [-0.2, -0.15) is 0 Å². The van der Waals surface area contributed by atoms with Gasteiger partial charge in [0, 0.05) is 24.1 Å². The average Bonchev–Trinajstić information content (AvgIpc) is 3.37. The fourth-order valence-electron chi connectivity index (χ4n) is 2.90. The Bertz CT molecular complexity index is 877. The molecule has 2 N–H and O–H groups in total. The van der Waals surface area contributed by atoms with E-state index in [9.17, 15) is 0 Å². The molecule has 0 aliphatic carbocycles. The summed E-state index contributed by atoms with van der Waals surface area (Å²) in [5.74, 6) is 2.96. The molecule has 0 amide bonds. The van der Waals surface area contributed by atoms with E-state index in [4.69, 9.17) is 8.94 Å². The number of oxazole rings is 1. The topological polar surface area (TPSA) is 88.5 Å². The van der Waals surface area contributed by atoms with E-state index in [1.54, 1.807) is 6.20 Å². The summed E-state index contributed by atoms with van der Waals surface area (Å²) in [6.07, 6.45) is 3.38. The molecule has 0 aliphatic heterocycles. The van der Waals surface area contributed by atoms with Crippen molar-refractivity contribution in [3.63, 3.8) is 0 Å². The van der Waals surface area contributed by atoms with E-state index in [1.807, 2.05) is 37.3 Å². The first-order valence-electron chi connectivity index (χ1n) is 9.73. The summed E-state index contributed by atoms with van der Waals surface area (Å²) >= 11 is 0. The number of hydrogen-bond donors (Lipinski definition) is 2. The van der Waals surface area contributed by atoms with Crippen molar-refractivity contribution < 1.29 is 8.94 Å². The van der Waals surface area contributed by atoms with Crippen LogP contribution in [0.5, 0.6) is 0 Å². The first kappa shape index (κ1) is 19.7. The molecule has 0 fully saturated rings. The van der Waals surface area contributed by atoms with Crippen molar-refractivity contribution in [3.8, 4) is 11.3 Å². The van der Waals surface area contributed by atoms with Gasteiger partial charge in [0.15, 0.2) is 11.7 Å². The van der Waals surface area contributed by atoms with Crippen LogP contribution in [0.2, 0.25) is 0 Å². The monoisotopic (exact) mass is 381 g/mol. The third-order valence-corrected chi connectivity index (χ3v) is 4.37. The van der Waals surface area contributed by atoms with E-state index in [0.717, 1.165) is 47.7 Å². The molecule has 1 aromatic carbocycles. The number of rotatable bonds is 8. The minimum Gasteiger partial charge on any atom is -0.439 e. The maximum Gasteiger partial charge on any atom is 0.214 e. The van der Waals surface area contributed by atoms with Crippen molar-refractivity contribution in [2.45, 2.75) is 46.7 Å². The van der Waals surface area contributed by atoms with Crippen LogP contribution < -0.4 is 10.6 Å². The predicted molar refractivity (Wildman–Crippen MR) is 109 cm³/mol. The maximum atomic E-state index is 5.84. The summed E-state index contributed by atoms with van der Waals surface area (Å²) in [6.45, 7) is 7.89. The minimum absolute atomic E-state index is 0.448. The van der Waals surface area contributed by atoms with E-state index in [1.165, 1.54) is 0 Å². The van der Waals surface area contributed by atoms with Crippen LogP contribution in [-0.2, 0) is 25.9 Å². The van der Waals surface area contributed by atoms with Crippen molar-refractivity contribution in [1.29, 1.82) is 0 Å². The number of nitrogens with zero attached hydrogens (tertiary/aromatic N) is 3. The molecule has 0 saturated carbocycles. The molecule has 7 nitrogen and oxygen atoms in total. The number of benzene rings is 1. The average molecular weight is 381 g/mol. The maximum absolute atomic E-state index is 5.84. The molecule has 3 rings (SSSR count). The Morgan fingerprint density at radius 1 is 1.07 bits per heavy atom. The molecule has 0 bridgehead atoms. The van der Waals surface area contributed by atoms with Crippen LogP contribution in [0.25, 0.3) is 11.3 Å². The number of nitrogens with one attached hydrogen (secondary N) is 2. The van der Waals surface area contributed by atoms with Gasteiger partial charge >= 0.3 is 0 Å². The highest BCUT2D eigenvalue weighted by atomic mass is 16.5. The lowest BCUT2D eigenvalue weighted by Gasteiger charge is -2.10. The zero-order chi connectivity index (χ0) is 19.8. The second-order valence-electron chi connectivity index (χ2n) is 6.27. The summed E-state index contributed by atoms with van der Waals surface area (Å²) in [5.41, 5.74) is 3.05. The first-order valence-corrected chi connectivity index (χ1v) is 9.73. The first-order chi connectivity index (χ1) is 13.7. The molecule has 0 saturated heterocycles. The molecule has 0 radical (unpaired) electrons. The highest BCUT2D eigenvalue weighted by Crippen LogP contribution is 2.19. The number of guanidine groups is 1. The van der Waals surface area contributed by atoms with Crippen LogP contribution in [0.3, 0.4) is 0 Å². The summed E-state index contributed by atoms with van der Waals surface area (Å²) < 4.78 is 11.3. The molecule has 7 heteroatoms. The van der Waals surface area contributed by atoms with Gasteiger partial charge in [0.2, 0.25) is 5.89 Å². The van der Waals surface area contributed by atoms with E-state index in [0.29, 0.717) is 24.9 Å². The molecular weight excluding hydrogens is 354 g/mol. The number of aliphatic imine (C=N–C) groups is 1. The molecule has 148 valence electrons. The predicted octanol–water partition coefficient (Wildman–Crippen LogP) is 3.71. The van der Waals surface area contributed by atoms with Crippen molar-refractivity contribution in [3.05, 3.63) is 59.4 Å². The second kappa shape index (κ2) is 9.73. The summed E-state index contributed by atoms with van der Waals surface area (Å²) in [7, 11) is 0. The fraction of sp³-hybridized carbons (Fsp3) is 0.381. The molecule has 0 atom stereocenters. The lowest BCUT2D eigenvalue weighted by molar-refractivity contribution is 0.380. The minimum atomic E-state index is 0.448. The SMILES string of the molecule is CCNC(=NCc1c(CC)noc1CC)NCc1ncc(-c2ccccc2)o1. The molecule has 28 heavy (non-hydrogen) atoms. The van der Waals surface area contributed by atoms with Crippen LogP contribution >= 0.6 is 0 Å². The van der Waals surface area contributed by atoms with Gasteiger partial charge in [0.05, 0.1) is 25.0 Å². The molecule has 0 spiro atoms. The van der Waals surface area contributed by atoms with Gasteiger partial charge < -0.3 is 19.6 Å². The van der Waals surface area contributed by atoms with E-state index in [2.05, 4.69) is 39.6 Å². The second-order valence-corrected chi connectivity index (χ2v) is 6.27. The molecule has 2 aromatic heterocycles. The van der Waals surface area contributed by atoms with Crippen molar-refractivity contribution in [2.24, 2.45) is 4.99 Å². The highest BCUT2D eigenvalue weighted by Gasteiger charge is 2.13. The van der Waals surface area contributed by atoms with E-state index >= 15 is 0 Å². The van der Waals surface area contributed by atoms with Crippen LogP contribution in [0.4, 0.5) is 0 Å². The third kappa shape index (κ3) is 4.79. The summed E-state index contributed by atoms with van der Waals surface area (Å²) in [4.78, 5) is 9.03. The standard InChI is InChI=1S/C21H27N5O2/c1-4-17-16(18(5-2)28-26-17)12-24-21(22-6-3)25-14-20-23-13-19(27-20)15-10-8-7-9-11-15/h7-11,13H,4-6,12,14H2,1-3H3,(H2,22,24,25). The fourth-order valence-corrected chi connectivity index (χ4v) is 2.90. The van der Waals surface area contributed by atoms with Crippen LogP contribution in [0, 0.1) is 0 Å². The van der Waals surface area contributed by atoms with Crippen LogP contribution in [0.1, 0.15) is 43.7 Å². The Morgan fingerprint density at radius 2 is 1.89 bits per heavy atom. The number of hydrogen-bond acceptors (Lipinski definition) is 5. The molecule has 2 heterocycles. The van der Waals surface area contributed by atoms with Gasteiger partial charge in [-0.1, -0.05) is 49.3 Å². The number of aromatic nitrogens is 2. The third-order valence-electron chi connectivity index (χ3n) is 4.37. The Kier molecular flexibility index (Phi) is 6.84. The molecule has 0 unspecified atom stereocenters. The Labute approximate surface area is 165 Å². The smallest absolute Gasteiger partial charge is 0.214 e. The van der Waals surface area contributed by atoms with Crippen molar-refractivity contribution >= 4 is 5.96 Å². The van der Waals surface area contributed by atoms with Gasteiger partial charge in [-0.25, -0.2) is 9.98 Å². The number of aryl methyl sites for hydroxylation is 2. The van der Waals surface area contributed by atoms with E-state index < -0.39 is 0 Å².